The predicted molar refractivity (Wildman–Crippen MR) is 67.3 cm³/mol. The minimum Gasteiger partial charge on any atom is -0.396 e. The van der Waals surface area contributed by atoms with Gasteiger partial charge in [0.15, 0.2) is 0 Å². The van der Waals surface area contributed by atoms with Gasteiger partial charge in [0.2, 0.25) is 0 Å². The van der Waals surface area contributed by atoms with E-state index in [1.165, 1.54) is 0 Å². The number of halogens is 1. The van der Waals surface area contributed by atoms with Crippen LogP contribution in [0.1, 0.15) is 6.42 Å². The first kappa shape index (κ1) is 13.2. The summed E-state index contributed by atoms with van der Waals surface area (Å²) in [6.45, 7) is 0.592. The van der Waals surface area contributed by atoms with Gasteiger partial charge in [-0.15, -0.1) is 0 Å². The van der Waals surface area contributed by atoms with Crippen LogP contribution in [0.15, 0.2) is 16.7 Å². The lowest BCUT2D eigenvalue weighted by Crippen LogP contribution is -2.27. The van der Waals surface area contributed by atoms with E-state index in [1.807, 2.05) is 0 Å². The van der Waals surface area contributed by atoms with E-state index in [4.69, 9.17) is 15.6 Å². The van der Waals surface area contributed by atoms with Crippen molar-refractivity contribution in [3.8, 4) is 0 Å². The molecule has 0 aliphatic heterocycles. The average Bonchev–Trinajstić information content (AvgIpc) is 2.23. The number of ether oxygens (including phenoxy) is 1. The minimum atomic E-state index is 0.00553. The van der Waals surface area contributed by atoms with Crippen LogP contribution in [0.5, 0.6) is 0 Å². The summed E-state index contributed by atoms with van der Waals surface area (Å²) in [4.78, 5) is 4.16. The van der Waals surface area contributed by atoms with Crippen molar-refractivity contribution in [3.63, 3.8) is 0 Å². The molecule has 0 saturated heterocycles. The molecule has 6 heteroatoms. The van der Waals surface area contributed by atoms with Gasteiger partial charge in [-0.2, -0.15) is 0 Å². The third-order valence-electron chi connectivity index (χ3n) is 2.07. The van der Waals surface area contributed by atoms with Crippen LogP contribution in [0.25, 0.3) is 0 Å². The number of pyridine rings is 1. The number of aliphatic hydroxyl groups excluding tert-OH is 1. The first-order chi connectivity index (χ1) is 7.67. The third kappa shape index (κ3) is 3.96. The molecule has 1 atom stereocenters. The summed E-state index contributed by atoms with van der Waals surface area (Å²) in [6, 6.07) is 1.78. The predicted octanol–water partition coefficient (Wildman–Crippen LogP) is 1.24. The van der Waals surface area contributed by atoms with Crippen molar-refractivity contribution in [3.05, 3.63) is 16.7 Å². The van der Waals surface area contributed by atoms with Crippen molar-refractivity contribution >= 4 is 27.4 Å². The Balaban J connectivity index is 2.68. The van der Waals surface area contributed by atoms with Gasteiger partial charge in [-0.1, -0.05) is 0 Å². The highest BCUT2D eigenvalue weighted by Crippen LogP contribution is 2.20. The Labute approximate surface area is 103 Å². The molecule has 0 aliphatic carbocycles. The van der Waals surface area contributed by atoms with E-state index in [0.717, 1.165) is 4.47 Å². The Morgan fingerprint density at radius 2 is 2.44 bits per heavy atom. The zero-order chi connectivity index (χ0) is 12.0. The molecule has 5 nitrogen and oxygen atoms in total. The Morgan fingerprint density at radius 1 is 1.69 bits per heavy atom. The standard InChI is InChI=1S/C10H16BrN3O2/c1-16-6-8(2-3-15)14-10-9(12)4-7(11)5-13-10/h4-5,8,15H,2-3,6,12H2,1H3,(H,13,14). The number of methoxy groups -OCH3 is 1. The number of nitrogens with two attached hydrogens (primary N) is 1. The van der Waals surface area contributed by atoms with E-state index in [0.29, 0.717) is 24.5 Å². The lowest BCUT2D eigenvalue weighted by molar-refractivity contribution is 0.170. The SMILES string of the molecule is COCC(CCO)Nc1ncc(Br)cc1N. The van der Waals surface area contributed by atoms with Gasteiger partial charge in [0.05, 0.1) is 18.3 Å². The Kier molecular flexibility index (Phi) is 5.51. The van der Waals surface area contributed by atoms with Crippen molar-refractivity contribution < 1.29 is 9.84 Å². The Morgan fingerprint density at radius 3 is 3.00 bits per heavy atom. The molecule has 0 spiro atoms. The van der Waals surface area contributed by atoms with Gasteiger partial charge in [-0.05, 0) is 28.4 Å². The lowest BCUT2D eigenvalue weighted by atomic mass is 10.2. The summed E-state index contributed by atoms with van der Waals surface area (Å²) in [6.07, 6.45) is 2.26. The van der Waals surface area contributed by atoms with Gasteiger partial charge >= 0.3 is 0 Å². The van der Waals surface area contributed by atoms with Crippen molar-refractivity contribution in [2.45, 2.75) is 12.5 Å². The van der Waals surface area contributed by atoms with Crippen molar-refractivity contribution in [1.82, 2.24) is 4.98 Å². The van der Waals surface area contributed by atoms with Gasteiger partial charge in [0.1, 0.15) is 5.82 Å². The molecule has 0 aliphatic rings. The minimum absolute atomic E-state index is 0.00553. The fourth-order valence-corrected chi connectivity index (χ4v) is 1.67. The van der Waals surface area contributed by atoms with Gasteiger partial charge in [0.25, 0.3) is 0 Å². The van der Waals surface area contributed by atoms with E-state index in [1.54, 1.807) is 19.4 Å². The largest absolute Gasteiger partial charge is 0.396 e. The van der Waals surface area contributed by atoms with Gasteiger partial charge in [-0.25, -0.2) is 4.98 Å². The number of nitrogens with one attached hydrogen (secondary N) is 1. The van der Waals surface area contributed by atoms with Crippen LogP contribution in [-0.2, 0) is 4.74 Å². The maximum atomic E-state index is 8.90. The molecular weight excluding hydrogens is 274 g/mol. The van der Waals surface area contributed by atoms with Crippen LogP contribution in [0.2, 0.25) is 0 Å². The summed E-state index contributed by atoms with van der Waals surface area (Å²) >= 11 is 3.29. The van der Waals surface area contributed by atoms with Crippen LogP contribution >= 0.6 is 15.9 Å². The second-order valence-electron chi connectivity index (χ2n) is 3.40. The zero-order valence-corrected chi connectivity index (χ0v) is 10.7. The van der Waals surface area contributed by atoms with Crippen LogP contribution in [0, 0.1) is 0 Å². The highest BCUT2D eigenvalue weighted by molar-refractivity contribution is 9.10. The Hall–Kier alpha value is -0.850. The summed E-state index contributed by atoms with van der Waals surface area (Å²) < 4.78 is 5.88. The maximum Gasteiger partial charge on any atom is 0.149 e. The number of hydrogen-bond donors (Lipinski definition) is 3. The number of aromatic nitrogens is 1. The second-order valence-corrected chi connectivity index (χ2v) is 4.32. The highest BCUT2D eigenvalue weighted by atomic mass is 79.9. The molecular formula is C10H16BrN3O2. The summed E-state index contributed by atoms with van der Waals surface area (Å²) in [5.41, 5.74) is 6.37. The van der Waals surface area contributed by atoms with Gasteiger partial charge in [0, 0.05) is 24.4 Å². The van der Waals surface area contributed by atoms with E-state index in [9.17, 15) is 0 Å². The first-order valence-corrected chi connectivity index (χ1v) is 5.74. The molecule has 0 amide bonds. The summed E-state index contributed by atoms with van der Waals surface area (Å²) in [7, 11) is 1.62. The molecule has 4 N–H and O–H groups in total. The molecule has 0 saturated carbocycles. The lowest BCUT2D eigenvalue weighted by Gasteiger charge is -2.18. The maximum absolute atomic E-state index is 8.90. The molecule has 1 aromatic heterocycles. The monoisotopic (exact) mass is 289 g/mol. The zero-order valence-electron chi connectivity index (χ0n) is 9.11. The normalized spacial score (nSPS) is 12.4. The van der Waals surface area contributed by atoms with Gasteiger partial charge < -0.3 is 20.9 Å². The van der Waals surface area contributed by atoms with E-state index >= 15 is 0 Å². The van der Waals surface area contributed by atoms with Crippen LogP contribution in [0.4, 0.5) is 11.5 Å². The van der Waals surface area contributed by atoms with Crippen LogP contribution in [-0.4, -0.2) is 36.5 Å². The van der Waals surface area contributed by atoms with Crippen molar-refractivity contribution in [1.29, 1.82) is 0 Å². The number of nitrogens with zero attached hydrogens (tertiary/aromatic N) is 1. The fourth-order valence-electron chi connectivity index (χ4n) is 1.32. The first-order valence-electron chi connectivity index (χ1n) is 4.94. The topological polar surface area (TPSA) is 80.4 Å². The molecule has 1 aromatic rings. The smallest absolute Gasteiger partial charge is 0.149 e. The highest BCUT2D eigenvalue weighted by Gasteiger charge is 2.10. The molecule has 16 heavy (non-hydrogen) atoms. The number of rotatable bonds is 6. The molecule has 1 unspecified atom stereocenters. The summed E-state index contributed by atoms with van der Waals surface area (Å²) in [5, 5.41) is 12.0. The van der Waals surface area contributed by atoms with Crippen LogP contribution < -0.4 is 11.1 Å². The van der Waals surface area contributed by atoms with Gasteiger partial charge in [-0.3, -0.25) is 0 Å². The quantitative estimate of drug-likeness (QED) is 0.734. The van der Waals surface area contributed by atoms with E-state index in [-0.39, 0.29) is 12.6 Å². The molecule has 90 valence electrons. The number of anilines is 2. The molecule has 1 heterocycles. The molecule has 0 fully saturated rings. The van der Waals surface area contributed by atoms with Crippen molar-refractivity contribution in [2.75, 3.05) is 31.4 Å². The average molecular weight is 290 g/mol. The van der Waals surface area contributed by atoms with E-state index < -0.39 is 0 Å². The number of hydrogen-bond acceptors (Lipinski definition) is 5. The molecule has 0 radical (unpaired) electrons. The number of nitrogen functional groups attached to an aromatic ring is 1. The number of aliphatic hydroxyl groups is 1. The molecule has 1 rings (SSSR count). The van der Waals surface area contributed by atoms with E-state index in [2.05, 4.69) is 26.2 Å². The molecule has 0 bridgehead atoms. The fraction of sp³-hybridized carbons (Fsp3) is 0.500. The van der Waals surface area contributed by atoms with Crippen molar-refractivity contribution in [2.24, 2.45) is 0 Å². The second kappa shape index (κ2) is 6.67. The van der Waals surface area contributed by atoms with Crippen LogP contribution in [0.3, 0.4) is 0 Å². The third-order valence-corrected chi connectivity index (χ3v) is 2.50. The Bertz CT molecular complexity index is 330. The summed E-state index contributed by atoms with van der Waals surface area (Å²) in [5.74, 6) is 0.610. The molecule has 0 aromatic carbocycles.